The molecule has 0 saturated heterocycles. The van der Waals surface area contributed by atoms with Crippen molar-refractivity contribution in [3.63, 3.8) is 0 Å². The summed E-state index contributed by atoms with van der Waals surface area (Å²) in [6.45, 7) is 3.61. The lowest BCUT2D eigenvalue weighted by Gasteiger charge is -2.26. The fourth-order valence-electron chi connectivity index (χ4n) is 1.61. The second-order valence-corrected chi connectivity index (χ2v) is 5.74. The summed E-state index contributed by atoms with van der Waals surface area (Å²) in [4.78, 5) is 21.1. The molecule has 0 aliphatic heterocycles. The van der Waals surface area contributed by atoms with E-state index in [4.69, 9.17) is 5.11 Å². The molecule has 0 amide bonds. The molecule has 0 saturated carbocycles. The van der Waals surface area contributed by atoms with Crippen LogP contribution in [-0.4, -0.2) is 21.5 Å². The van der Waals surface area contributed by atoms with Gasteiger partial charge in [0.15, 0.2) is 0 Å². The number of carboxylic acids is 1. The van der Waals surface area contributed by atoms with E-state index in [1.54, 1.807) is 26.0 Å². The number of rotatable bonds is 6. The Balaban J connectivity index is 2.94. The summed E-state index contributed by atoms with van der Waals surface area (Å²) >= 11 is 3.26. The molecule has 2 N–H and O–H groups in total. The maximum absolute atomic E-state index is 10.9. The van der Waals surface area contributed by atoms with Gasteiger partial charge in [0.25, 0.3) is 5.69 Å². The summed E-state index contributed by atoms with van der Waals surface area (Å²) in [5.41, 5.74) is -0.217. The summed E-state index contributed by atoms with van der Waals surface area (Å²) in [7, 11) is 0. The first kappa shape index (κ1) is 15.4. The van der Waals surface area contributed by atoms with Gasteiger partial charge < -0.3 is 10.4 Å². The Labute approximate surface area is 119 Å². The van der Waals surface area contributed by atoms with Gasteiger partial charge in [0.05, 0.1) is 4.92 Å². The molecule has 19 heavy (non-hydrogen) atoms. The molecule has 0 aromatic heterocycles. The number of nitrogens with one attached hydrogen (secondary N) is 1. The van der Waals surface area contributed by atoms with Crippen molar-refractivity contribution in [2.24, 2.45) is 0 Å². The monoisotopic (exact) mass is 330 g/mol. The molecule has 104 valence electrons. The number of nitro groups is 1. The summed E-state index contributed by atoms with van der Waals surface area (Å²) < 4.78 is 0.717. The number of halogens is 1. The first-order valence-electron chi connectivity index (χ1n) is 5.65. The first-order chi connectivity index (χ1) is 8.71. The summed E-state index contributed by atoms with van der Waals surface area (Å²) in [6, 6.07) is 4.61. The van der Waals surface area contributed by atoms with E-state index in [0.717, 1.165) is 4.47 Å². The van der Waals surface area contributed by atoms with Gasteiger partial charge in [-0.2, -0.15) is 0 Å². The minimum absolute atomic E-state index is 0.00179. The van der Waals surface area contributed by atoms with Crippen LogP contribution in [-0.2, 0) is 4.79 Å². The average molecular weight is 331 g/mol. The highest BCUT2D eigenvalue weighted by Crippen LogP contribution is 2.31. The molecule has 0 fully saturated rings. The number of benzene rings is 1. The third-order valence-electron chi connectivity index (χ3n) is 2.59. The molecule has 0 heterocycles. The molecule has 0 spiro atoms. The van der Waals surface area contributed by atoms with Crippen molar-refractivity contribution in [3.05, 3.63) is 32.8 Å². The number of carbonyl (C=O) groups is 1. The quantitative estimate of drug-likeness (QED) is 0.615. The van der Waals surface area contributed by atoms with Crippen LogP contribution in [0.25, 0.3) is 0 Å². The van der Waals surface area contributed by atoms with Crippen LogP contribution in [0.15, 0.2) is 22.7 Å². The summed E-state index contributed by atoms with van der Waals surface area (Å²) in [5.74, 6) is -0.890. The zero-order valence-electron chi connectivity index (χ0n) is 10.6. The zero-order valence-corrected chi connectivity index (χ0v) is 12.2. The topological polar surface area (TPSA) is 92.5 Å². The van der Waals surface area contributed by atoms with E-state index in [1.165, 1.54) is 6.07 Å². The minimum atomic E-state index is -0.890. The van der Waals surface area contributed by atoms with Gasteiger partial charge in [-0.1, -0.05) is 15.9 Å². The predicted molar refractivity (Wildman–Crippen MR) is 75.4 cm³/mol. The third kappa shape index (κ3) is 4.86. The molecule has 0 aliphatic rings. The zero-order chi connectivity index (χ0) is 14.6. The molecule has 0 bridgehead atoms. The molecule has 1 aromatic rings. The highest BCUT2D eigenvalue weighted by Gasteiger charge is 2.23. The Hall–Kier alpha value is -1.63. The van der Waals surface area contributed by atoms with Gasteiger partial charge in [0.2, 0.25) is 0 Å². The standard InChI is InChI=1S/C12H15BrN2O4/c1-12(2,6-5-11(16)17)14-9-7-8(13)3-4-10(9)15(18)19/h3-4,7,14H,5-6H2,1-2H3,(H,16,17). The number of hydrogen-bond acceptors (Lipinski definition) is 4. The van der Waals surface area contributed by atoms with E-state index >= 15 is 0 Å². The van der Waals surface area contributed by atoms with Crippen molar-refractivity contribution in [2.45, 2.75) is 32.2 Å². The molecule has 0 atom stereocenters. The largest absolute Gasteiger partial charge is 0.481 e. The van der Waals surface area contributed by atoms with Crippen LogP contribution in [0, 0.1) is 10.1 Å². The van der Waals surface area contributed by atoms with Crippen LogP contribution in [0.1, 0.15) is 26.7 Å². The number of hydrogen-bond donors (Lipinski definition) is 2. The van der Waals surface area contributed by atoms with Crippen molar-refractivity contribution in [2.75, 3.05) is 5.32 Å². The summed E-state index contributed by atoms with van der Waals surface area (Å²) in [6.07, 6.45) is 0.369. The van der Waals surface area contributed by atoms with Crippen LogP contribution >= 0.6 is 15.9 Å². The fourth-order valence-corrected chi connectivity index (χ4v) is 1.98. The van der Waals surface area contributed by atoms with Gasteiger partial charge in [0, 0.05) is 22.5 Å². The van der Waals surface area contributed by atoms with E-state index in [-0.39, 0.29) is 12.1 Å². The molecule has 0 unspecified atom stereocenters. The summed E-state index contributed by atoms with van der Waals surface area (Å²) in [5, 5.41) is 22.7. The Kier molecular flexibility index (Phi) is 4.88. The van der Waals surface area contributed by atoms with E-state index in [0.29, 0.717) is 12.1 Å². The number of anilines is 1. The Bertz CT molecular complexity index is 503. The normalized spacial score (nSPS) is 11.1. The lowest BCUT2D eigenvalue weighted by atomic mass is 9.97. The Morgan fingerprint density at radius 3 is 2.68 bits per heavy atom. The second-order valence-electron chi connectivity index (χ2n) is 4.82. The molecule has 1 aromatic carbocycles. The van der Waals surface area contributed by atoms with Crippen molar-refractivity contribution >= 4 is 33.3 Å². The SMILES string of the molecule is CC(C)(CCC(=O)O)Nc1cc(Br)ccc1[N+](=O)[O-]. The van der Waals surface area contributed by atoms with Crippen LogP contribution in [0.4, 0.5) is 11.4 Å². The lowest BCUT2D eigenvalue weighted by Crippen LogP contribution is -2.31. The highest BCUT2D eigenvalue weighted by atomic mass is 79.9. The van der Waals surface area contributed by atoms with Crippen molar-refractivity contribution < 1.29 is 14.8 Å². The minimum Gasteiger partial charge on any atom is -0.481 e. The molecule has 1 rings (SSSR count). The van der Waals surface area contributed by atoms with Gasteiger partial charge >= 0.3 is 5.97 Å². The van der Waals surface area contributed by atoms with Gasteiger partial charge in [-0.3, -0.25) is 14.9 Å². The number of nitro benzene ring substituents is 1. The molecular formula is C12H15BrN2O4. The van der Waals surface area contributed by atoms with Crippen LogP contribution in [0.5, 0.6) is 0 Å². The average Bonchev–Trinajstić information content (AvgIpc) is 2.25. The van der Waals surface area contributed by atoms with Gasteiger partial charge in [-0.15, -0.1) is 0 Å². The fraction of sp³-hybridized carbons (Fsp3) is 0.417. The Morgan fingerprint density at radius 1 is 1.53 bits per heavy atom. The van der Waals surface area contributed by atoms with Crippen LogP contribution < -0.4 is 5.32 Å². The molecule has 0 aliphatic carbocycles. The predicted octanol–water partition coefficient (Wildman–Crippen LogP) is 3.41. The number of carboxylic acid groups (broad SMARTS) is 1. The van der Waals surface area contributed by atoms with Crippen molar-refractivity contribution in [1.82, 2.24) is 0 Å². The van der Waals surface area contributed by atoms with E-state index < -0.39 is 16.4 Å². The second kappa shape index (κ2) is 6.01. The lowest BCUT2D eigenvalue weighted by molar-refractivity contribution is -0.384. The van der Waals surface area contributed by atoms with Crippen molar-refractivity contribution in [1.29, 1.82) is 0 Å². The maximum Gasteiger partial charge on any atom is 0.303 e. The van der Waals surface area contributed by atoms with Crippen LogP contribution in [0.2, 0.25) is 0 Å². The molecule has 6 nitrogen and oxygen atoms in total. The molecule has 7 heteroatoms. The first-order valence-corrected chi connectivity index (χ1v) is 6.44. The van der Waals surface area contributed by atoms with Gasteiger partial charge in [-0.05, 0) is 32.4 Å². The van der Waals surface area contributed by atoms with Gasteiger partial charge in [-0.25, -0.2) is 0 Å². The number of nitrogens with zero attached hydrogens (tertiary/aromatic N) is 1. The van der Waals surface area contributed by atoms with E-state index in [1.807, 2.05) is 0 Å². The molecule has 0 radical (unpaired) electrons. The highest BCUT2D eigenvalue weighted by molar-refractivity contribution is 9.10. The van der Waals surface area contributed by atoms with E-state index in [9.17, 15) is 14.9 Å². The van der Waals surface area contributed by atoms with Crippen molar-refractivity contribution in [3.8, 4) is 0 Å². The Morgan fingerprint density at radius 2 is 2.16 bits per heavy atom. The maximum atomic E-state index is 10.9. The number of aliphatic carboxylic acids is 1. The smallest absolute Gasteiger partial charge is 0.303 e. The van der Waals surface area contributed by atoms with Crippen LogP contribution in [0.3, 0.4) is 0 Å². The third-order valence-corrected chi connectivity index (χ3v) is 3.09. The molecular weight excluding hydrogens is 316 g/mol. The van der Waals surface area contributed by atoms with Gasteiger partial charge in [0.1, 0.15) is 5.69 Å². The van der Waals surface area contributed by atoms with E-state index in [2.05, 4.69) is 21.2 Å².